The van der Waals surface area contributed by atoms with Gasteiger partial charge in [-0.25, -0.2) is 0 Å². The lowest BCUT2D eigenvalue weighted by molar-refractivity contribution is -0.123. The predicted molar refractivity (Wildman–Crippen MR) is 79.3 cm³/mol. The number of carbonyl (C=O) groups is 1. The van der Waals surface area contributed by atoms with Crippen LogP contribution in [-0.2, 0) is 4.79 Å². The van der Waals surface area contributed by atoms with Crippen LogP contribution in [0.5, 0.6) is 0 Å². The molecule has 0 aliphatic carbocycles. The van der Waals surface area contributed by atoms with Gasteiger partial charge in [-0.15, -0.1) is 0 Å². The van der Waals surface area contributed by atoms with Gasteiger partial charge in [-0.1, -0.05) is 54.8 Å². The Hall–Kier alpha value is -1.84. The molecule has 3 atom stereocenters. The first-order valence-corrected chi connectivity index (χ1v) is 6.46. The highest BCUT2D eigenvalue weighted by Crippen LogP contribution is 2.36. The summed E-state index contributed by atoms with van der Waals surface area (Å²) in [7, 11) is 0. The summed E-state index contributed by atoms with van der Waals surface area (Å²) in [6.07, 6.45) is 0. The molecular formula is C13H11N3OS2. The second-order valence-electron chi connectivity index (χ2n) is 4.28. The number of piperidine rings is 1. The van der Waals surface area contributed by atoms with E-state index in [0.717, 1.165) is 5.56 Å². The molecule has 1 saturated heterocycles. The normalized spacial score (nSPS) is 26.4. The molecule has 0 unspecified atom stereocenters. The maximum atomic E-state index is 11.9. The van der Waals surface area contributed by atoms with Gasteiger partial charge in [-0.05, 0) is 5.56 Å². The minimum Gasteiger partial charge on any atom is -0.393 e. The molecule has 1 aliphatic heterocycles. The second kappa shape index (κ2) is 5.43. The monoisotopic (exact) mass is 289 g/mol. The Morgan fingerprint density at radius 1 is 1.37 bits per heavy atom. The molecule has 1 aromatic rings. The van der Waals surface area contributed by atoms with Crippen molar-refractivity contribution in [1.82, 2.24) is 5.32 Å². The smallest absolute Gasteiger partial charge is 0.242 e. The second-order valence-corrected chi connectivity index (χ2v) is 5.19. The summed E-state index contributed by atoms with van der Waals surface area (Å²) in [6, 6.07) is 11.3. The number of amides is 1. The molecule has 3 N–H and O–H groups in total. The highest BCUT2D eigenvalue weighted by atomic mass is 32.1. The fourth-order valence-electron chi connectivity index (χ4n) is 2.30. The van der Waals surface area contributed by atoms with Crippen molar-refractivity contribution in [3.63, 3.8) is 0 Å². The summed E-state index contributed by atoms with van der Waals surface area (Å²) in [5, 5.41) is 11.8. The van der Waals surface area contributed by atoms with E-state index in [1.165, 1.54) is 0 Å². The van der Waals surface area contributed by atoms with E-state index in [-0.39, 0.29) is 9.98 Å². The van der Waals surface area contributed by atoms with Gasteiger partial charge in [0.05, 0.1) is 22.0 Å². The van der Waals surface area contributed by atoms with Gasteiger partial charge < -0.3 is 11.1 Å². The van der Waals surface area contributed by atoms with Gasteiger partial charge in [-0.2, -0.15) is 5.26 Å². The number of rotatable bonds is 2. The van der Waals surface area contributed by atoms with E-state index in [4.69, 9.17) is 30.2 Å². The van der Waals surface area contributed by atoms with Gasteiger partial charge in [0.25, 0.3) is 0 Å². The van der Waals surface area contributed by atoms with Crippen LogP contribution in [0, 0.1) is 23.2 Å². The van der Waals surface area contributed by atoms with Crippen molar-refractivity contribution in [2.45, 2.75) is 5.92 Å². The van der Waals surface area contributed by atoms with Crippen LogP contribution in [0.25, 0.3) is 0 Å². The van der Waals surface area contributed by atoms with E-state index in [2.05, 4.69) is 5.32 Å². The number of nitriles is 1. The number of benzene rings is 1. The van der Waals surface area contributed by atoms with Crippen molar-refractivity contribution < 1.29 is 4.79 Å². The number of carbonyl (C=O) groups excluding carboxylic acids is 1. The average Bonchev–Trinajstić information content (AvgIpc) is 2.38. The minimum absolute atomic E-state index is 0.194. The highest BCUT2D eigenvalue weighted by molar-refractivity contribution is 7.82. The molecule has 1 fully saturated rings. The van der Waals surface area contributed by atoms with Crippen molar-refractivity contribution in [1.29, 1.82) is 5.26 Å². The third-order valence-corrected chi connectivity index (χ3v) is 3.77. The lowest BCUT2D eigenvalue weighted by Gasteiger charge is -2.34. The third kappa shape index (κ3) is 2.48. The van der Waals surface area contributed by atoms with Crippen LogP contribution in [0.2, 0.25) is 0 Å². The lowest BCUT2D eigenvalue weighted by Crippen LogP contribution is -2.53. The fourth-order valence-corrected chi connectivity index (χ4v) is 3.01. The lowest BCUT2D eigenvalue weighted by atomic mass is 9.74. The summed E-state index contributed by atoms with van der Waals surface area (Å²) >= 11 is 10.2. The first kappa shape index (κ1) is 13.6. The molecule has 0 aromatic heterocycles. The summed E-state index contributed by atoms with van der Waals surface area (Å²) in [5.41, 5.74) is 6.57. The van der Waals surface area contributed by atoms with E-state index >= 15 is 0 Å². The Kier molecular flexibility index (Phi) is 3.88. The van der Waals surface area contributed by atoms with Gasteiger partial charge in [0, 0.05) is 5.92 Å². The van der Waals surface area contributed by atoms with Crippen LogP contribution in [-0.4, -0.2) is 15.9 Å². The molecule has 0 bridgehead atoms. The van der Waals surface area contributed by atoms with E-state index in [1.54, 1.807) is 0 Å². The van der Waals surface area contributed by atoms with Crippen LogP contribution in [0.4, 0.5) is 0 Å². The number of nitrogens with two attached hydrogens (primary N) is 1. The van der Waals surface area contributed by atoms with Crippen molar-refractivity contribution in [2.24, 2.45) is 17.6 Å². The third-order valence-electron chi connectivity index (χ3n) is 3.16. The van der Waals surface area contributed by atoms with Crippen molar-refractivity contribution in [3.05, 3.63) is 35.9 Å². The SMILES string of the molecule is N#C[C@@H]1C(=O)NC(=S)[C@H](C(N)=S)[C@H]1c1ccccc1. The number of nitrogens with one attached hydrogen (secondary N) is 1. The molecule has 2 rings (SSSR count). The molecule has 0 radical (unpaired) electrons. The Bertz CT molecular complexity index is 579. The van der Waals surface area contributed by atoms with Gasteiger partial charge in [0.15, 0.2) is 0 Å². The van der Waals surface area contributed by atoms with Gasteiger partial charge >= 0.3 is 0 Å². The number of nitrogens with zero attached hydrogens (tertiary/aromatic N) is 1. The van der Waals surface area contributed by atoms with E-state index in [0.29, 0.717) is 0 Å². The van der Waals surface area contributed by atoms with Crippen molar-refractivity contribution >= 4 is 40.3 Å². The Balaban J connectivity index is 2.53. The zero-order valence-electron chi connectivity index (χ0n) is 9.87. The Morgan fingerprint density at radius 2 is 2.00 bits per heavy atom. The Labute approximate surface area is 121 Å². The average molecular weight is 289 g/mol. The first-order valence-electron chi connectivity index (χ1n) is 5.65. The van der Waals surface area contributed by atoms with Crippen LogP contribution >= 0.6 is 24.4 Å². The fraction of sp³-hybridized carbons (Fsp3) is 0.231. The summed E-state index contributed by atoms with van der Waals surface area (Å²) in [6.45, 7) is 0. The highest BCUT2D eigenvalue weighted by Gasteiger charge is 2.44. The molecule has 4 nitrogen and oxygen atoms in total. The van der Waals surface area contributed by atoms with Gasteiger partial charge in [0.2, 0.25) is 5.91 Å². The van der Waals surface area contributed by atoms with Gasteiger partial charge in [0.1, 0.15) is 5.92 Å². The standard InChI is InChI=1S/C13H11N3OS2/c14-6-8-9(7-4-2-1-3-5-7)10(11(15)18)13(19)16-12(8)17/h1-5,8-10H,(H2,15,18)(H,16,17,19)/t8-,9-,10-/m0/s1. The largest absolute Gasteiger partial charge is 0.393 e. The predicted octanol–water partition coefficient (Wildman–Crippen LogP) is 1.27. The van der Waals surface area contributed by atoms with Crippen molar-refractivity contribution in [3.8, 4) is 6.07 Å². The summed E-state index contributed by atoms with van der Waals surface area (Å²) < 4.78 is 0. The topological polar surface area (TPSA) is 78.9 Å². The van der Waals surface area contributed by atoms with E-state index in [9.17, 15) is 10.1 Å². The first-order chi connectivity index (χ1) is 9.06. The molecule has 1 heterocycles. The van der Waals surface area contributed by atoms with Crippen molar-refractivity contribution in [2.75, 3.05) is 0 Å². The maximum Gasteiger partial charge on any atom is 0.242 e. The number of hydrogen-bond donors (Lipinski definition) is 2. The van der Waals surface area contributed by atoms with Crippen LogP contribution in [0.15, 0.2) is 30.3 Å². The van der Waals surface area contributed by atoms with Crippen LogP contribution in [0.3, 0.4) is 0 Å². The number of hydrogen-bond acceptors (Lipinski definition) is 4. The maximum absolute atomic E-state index is 11.9. The quantitative estimate of drug-likeness (QED) is 0.802. The van der Waals surface area contributed by atoms with E-state index in [1.807, 2.05) is 36.4 Å². The molecular weight excluding hydrogens is 278 g/mol. The Morgan fingerprint density at radius 3 is 2.53 bits per heavy atom. The molecule has 6 heteroatoms. The molecule has 0 saturated carbocycles. The van der Waals surface area contributed by atoms with Crippen LogP contribution in [0.1, 0.15) is 11.5 Å². The molecule has 1 amide bonds. The molecule has 96 valence electrons. The van der Waals surface area contributed by atoms with E-state index < -0.39 is 23.7 Å². The van der Waals surface area contributed by atoms with Crippen LogP contribution < -0.4 is 11.1 Å². The molecule has 19 heavy (non-hydrogen) atoms. The molecule has 1 aliphatic rings. The number of thiocarbonyl (C=S) groups is 2. The zero-order chi connectivity index (χ0) is 14.0. The zero-order valence-corrected chi connectivity index (χ0v) is 11.5. The summed E-state index contributed by atoms with van der Waals surface area (Å²) in [5.74, 6) is -2.14. The summed E-state index contributed by atoms with van der Waals surface area (Å²) in [4.78, 5) is 12.4. The minimum atomic E-state index is -0.847. The molecule has 1 aromatic carbocycles. The molecule has 0 spiro atoms. The van der Waals surface area contributed by atoms with Gasteiger partial charge in [-0.3, -0.25) is 4.79 Å².